The number of hydrogen-bond acceptors (Lipinski definition) is 0. The van der Waals surface area contributed by atoms with Gasteiger partial charge in [0, 0.05) is 32.7 Å². The van der Waals surface area contributed by atoms with Crippen LogP contribution in [-0.2, 0) is 32.7 Å². The van der Waals surface area contributed by atoms with Crippen LogP contribution in [0, 0.1) is 12.7 Å². The summed E-state index contributed by atoms with van der Waals surface area (Å²) in [6.07, 6.45) is 8.37. The van der Waals surface area contributed by atoms with Crippen LogP contribution in [0.3, 0.4) is 0 Å². The van der Waals surface area contributed by atoms with E-state index in [1.807, 2.05) is 0 Å². The molecule has 0 spiro atoms. The monoisotopic (exact) mass is 183 g/mol. The van der Waals surface area contributed by atoms with E-state index in [9.17, 15) is 0 Å². The van der Waals surface area contributed by atoms with Crippen molar-refractivity contribution in [2.24, 2.45) is 0 Å². The third kappa shape index (κ3) is 9.77. The second kappa shape index (κ2) is 10.5. The molecule has 0 bridgehead atoms. The molecule has 0 saturated heterocycles. The minimum atomic E-state index is 0. The Bertz CT molecular complexity index is 64.8. The summed E-state index contributed by atoms with van der Waals surface area (Å²) in [7, 11) is 0. The van der Waals surface area contributed by atoms with E-state index < -0.39 is 0 Å². The molecular formula is C7H10Y-2. The van der Waals surface area contributed by atoms with Gasteiger partial charge < -0.3 is 24.8 Å². The Hall–Kier alpha value is 0.584. The average molecular weight is 183 g/mol. The predicted molar refractivity (Wildman–Crippen MR) is 31.6 cm³/mol. The quantitative estimate of drug-likeness (QED) is 0.464. The van der Waals surface area contributed by atoms with Crippen molar-refractivity contribution in [1.82, 2.24) is 0 Å². The van der Waals surface area contributed by atoms with E-state index in [-0.39, 0.29) is 32.7 Å². The van der Waals surface area contributed by atoms with Gasteiger partial charge in [-0.15, -0.1) is 6.42 Å². The van der Waals surface area contributed by atoms with Crippen LogP contribution >= 0.6 is 0 Å². The van der Waals surface area contributed by atoms with E-state index in [0.29, 0.717) is 0 Å². The van der Waals surface area contributed by atoms with Gasteiger partial charge in [-0.2, -0.15) is 0 Å². The maximum atomic E-state index is 5.03. The van der Waals surface area contributed by atoms with E-state index in [1.165, 1.54) is 6.08 Å². The third-order valence-corrected chi connectivity index (χ3v) is 0.608. The molecule has 0 aliphatic heterocycles. The van der Waals surface area contributed by atoms with Gasteiger partial charge in [0.05, 0.1) is 0 Å². The van der Waals surface area contributed by atoms with Crippen LogP contribution in [0.4, 0.5) is 0 Å². The predicted octanol–water partition coefficient (Wildman–Crippen LogP) is 2.13. The summed E-state index contributed by atoms with van der Waals surface area (Å²) in [4.78, 5) is 0. The van der Waals surface area contributed by atoms with Crippen LogP contribution in [0.1, 0.15) is 19.8 Å². The van der Waals surface area contributed by atoms with E-state index in [0.717, 1.165) is 12.8 Å². The molecule has 0 amide bonds. The van der Waals surface area contributed by atoms with Gasteiger partial charge in [-0.25, -0.2) is 0 Å². The summed E-state index contributed by atoms with van der Waals surface area (Å²) >= 11 is 0. The fourth-order valence-corrected chi connectivity index (χ4v) is 0.296. The third-order valence-electron chi connectivity index (χ3n) is 0.608. The molecule has 43 valence electrons. The van der Waals surface area contributed by atoms with Crippen molar-refractivity contribution >= 4 is 0 Å². The zero-order valence-electron chi connectivity index (χ0n) is 5.22. The maximum Gasteiger partial charge on any atom is 0 e. The summed E-state index contributed by atoms with van der Waals surface area (Å²) < 4.78 is 0. The van der Waals surface area contributed by atoms with Crippen molar-refractivity contribution in [2.45, 2.75) is 19.8 Å². The van der Waals surface area contributed by atoms with Crippen LogP contribution in [0.15, 0.2) is 12.2 Å². The smallest absolute Gasteiger partial charge is 0 e. The Morgan fingerprint density at radius 2 is 2.25 bits per heavy atom. The minimum absolute atomic E-state index is 0. The molecule has 0 unspecified atom stereocenters. The first-order valence-electron chi connectivity index (χ1n) is 2.52. The topological polar surface area (TPSA) is 0 Å². The number of rotatable bonds is 3. The standard InChI is InChI=1S/C7H10.Y/c1-3-5-7-6-4-2;/h1,3,5H,4,6H2,2H3;/q-2;. The summed E-state index contributed by atoms with van der Waals surface area (Å²) in [6, 6.07) is 0. The Labute approximate surface area is 76.9 Å². The molecule has 0 aliphatic carbocycles. The van der Waals surface area contributed by atoms with Crippen molar-refractivity contribution in [3.63, 3.8) is 0 Å². The van der Waals surface area contributed by atoms with Crippen molar-refractivity contribution in [3.8, 4) is 0 Å². The largest absolute Gasteiger partial charge is 0.394 e. The van der Waals surface area contributed by atoms with Crippen molar-refractivity contribution in [1.29, 1.82) is 0 Å². The first-order chi connectivity index (χ1) is 3.41. The zero-order chi connectivity index (χ0) is 5.54. The maximum absolute atomic E-state index is 5.03. The van der Waals surface area contributed by atoms with E-state index in [4.69, 9.17) is 6.58 Å². The van der Waals surface area contributed by atoms with Crippen molar-refractivity contribution in [3.05, 3.63) is 24.8 Å². The van der Waals surface area contributed by atoms with E-state index >= 15 is 0 Å². The molecule has 0 nitrogen and oxygen atoms in total. The normalized spacial score (nSPS) is 8.62. The van der Waals surface area contributed by atoms with Gasteiger partial charge in [-0.1, -0.05) is 13.3 Å². The minimum Gasteiger partial charge on any atom is -0.394 e. The van der Waals surface area contributed by atoms with E-state index in [1.54, 1.807) is 6.08 Å². The van der Waals surface area contributed by atoms with Gasteiger partial charge in [-0.3, -0.25) is 0 Å². The molecule has 0 heterocycles. The molecular weight excluding hydrogens is 173 g/mol. The van der Waals surface area contributed by atoms with Gasteiger partial charge in [0.2, 0.25) is 0 Å². The molecule has 0 aliphatic rings. The number of hydrogen-bond donors (Lipinski definition) is 0. The second-order valence-corrected chi connectivity index (χ2v) is 1.31. The van der Waals surface area contributed by atoms with Gasteiger partial charge >= 0.3 is 0 Å². The molecule has 1 heteroatoms. The average Bonchev–Trinajstić information content (AvgIpc) is 1.69. The Morgan fingerprint density at radius 1 is 1.62 bits per heavy atom. The first-order valence-corrected chi connectivity index (χ1v) is 2.52. The van der Waals surface area contributed by atoms with Gasteiger partial charge in [0.1, 0.15) is 0 Å². The summed E-state index contributed by atoms with van der Waals surface area (Å²) in [5, 5.41) is 0. The Morgan fingerprint density at radius 3 is 2.62 bits per heavy atom. The first kappa shape index (κ1) is 11.4. The number of allylic oxidation sites excluding steroid dienone is 3. The fourth-order valence-electron chi connectivity index (χ4n) is 0.296. The second-order valence-electron chi connectivity index (χ2n) is 1.31. The van der Waals surface area contributed by atoms with Crippen molar-refractivity contribution in [2.75, 3.05) is 0 Å². The van der Waals surface area contributed by atoms with Gasteiger partial charge in [0.15, 0.2) is 0 Å². The molecule has 1 radical (unpaired) electrons. The molecule has 0 aromatic rings. The van der Waals surface area contributed by atoms with Gasteiger partial charge in [0.25, 0.3) is 0 Å². The molecule has 0 rings (SSSR count). The molecule has 0 atom stereocenters. The fraction of sp³-hybridized carbons (Fsp3) is 0.429. The molecule has 0 fully saturated rings. The summed E-state index contributed by atoms with van der Waals surface area (Å²) in [5.41, 5.74) is 0. The zero-order valence-corrected chi connectivity index (χ0v) is 8.06. The number of unbranched alkanes of at least 4 members (excludes halogenated alkanes) is 1. The molecule has 0 aromatic carbocycles. The molecule has 0 N–H and O–H groups in total. The van der Waals surface area contributed by atoms with Gasteiger partial charge in [-0.05, 0) is 0 Å². The SMILES string of the molecule is [CH-]=CC=[C-]CCC.[Y]. The Balaban J connectivity index is 0. The molecule has 0 aromatic heterocycles. The van der Waals surface area contributed by atoms with Crippen molar-refractivity contribution < 1.29 is 32.7 Å². The summed E-state index contributed by atoms with van der Waals surface area (Å²) in [6.45, 7) is 7.13. The molecule has 0 saturated carbocycles. The van der Waals surface area contributed by atoms with E-state index in [2.05, 4.69) is 13.0 Å². The van der Waals surface area contributed by atoms with Crippen LogP contribution in [-0.4, -0.2) is 0 Å². The van der Waals surface area contributed by atoms with Crippen LogP contribution < -0.4 is 0 Å². The van der Waals surface area contributed by atoms with Crippen LogP contribution in [0.5, 0.6) is 0 Å². The Kier molecular flexibility index (Phi) is 15.0. The summed E-state index contributed by atoms with van der Waals surface area (Å²) in [5.74, 6) is 0. The van der Waals surface area contributed by atoms with Crippen LogP contribution in [0.25, 0.3) is 0 Å². The molecule has 8 heavy (non-hydrogen) atoms. The van der Waals surface area contributed by atoms with Crippen LogP contribution in [0.2, 0.25) is 0 Å².